The third-order valence-corrected chi connectivity index (χ3v) is 4.46. The molecule has 0 saturated heterocycles. The number of hydrogen-bond donors (Lipinski definition) is 0. The highest BCUT2D eigenvalue weighted by Crippen LogP contribution is 2.39. The summed E-state index contributed by atoms with van der Waals surface area (Å²) >= 11 is 0. The summed E-state index contributed by atoms with van der Waals surface area (Å²) in [7, 11) is 6.33. The Balaban J connectivity index is 2.20. The van der Waals surface area contributed by atoms with Gasteiger partial charge >= 0.3 is 5.97 Å². The first kappa shape index (κ1) is 22.4. The normalized spacial score (nSPS) is 10.6. The molecule has 0 radical (unpaired) electrons. The van der Waals surface area contributed by atoms with Crippen LogP contribution in [0.3, 0.4) is 0 Å². The number of hydrogen-bond acceptors (Lipinski definition) is 6. The Hall–Kier alpha value is -2.89. The minimum Gasteiger partial charge on any atom is -0.493 e. The van der Waals surface area contributed by atoms with E-state index in [4.69, 9.17) is 23.7 Å². The van der Waals surface area contributed by atoms with Crippen LogP contribution < -0.4 is 23.7 Å². The monoisotopic (exact) mass is 402 g/mol. The van der Waals surface area contributed by atoms with Crippen LogP contribution in [0.15, 0.2) is 30.3 Å². The number of ether oxygens (including phenoxy) is 5. The first-order chi connectivity index (χ1) is 13.9. The zero-order valence-corrected chi connectivity index (χ0v) is 18.0. The van der Waals surface area contributed by atoms with Crippen molar-refractivity contribution in [2.75, 3.05) is 28.4 Å². The van der Waals surface area contributed by atoms with E-state index in [2.05, 4.69) is 0 Å². The lowest BCUT2D eigenvalue weighted by atomic mass is 10.0. The Morgan fingerprint density at radius 2 is 1.28 bits per heavy atom. The molecule has 0 bridgehead atoms. The molecule has 0 unspecified atom stereocenters. The van der Waals surface area contributed by atoms with E-state index in [0.29, 0.717) is 35.2 Å². The maximum atomic E-state index is 12.1. The first-order valence-electron chi connectivity index (χ1n) is 9.58. The Morgan fingerprint density at radius 3 is 1.79 bits per heavy atom. The molecule has 0 aromatic heterocycles. The molecular weight excluding hydrogens is 372 g/mol. The molecule has 0 atom stereocenters. The first-order valence-corrected chi connectivity index (χ1v) is 9.58. The van der Waals surface area contributed by atoms with Crippen LogP contribution in [0.5, 0.6) is 28.7 Å². The van der Waals surface area contributed by atoms with E-state index in [1.54, 1.807) is 28.4 Å². The second-order valence-corrected chi connectivity index (χ2v) is 7.09. The Labute approximate surface area is 172 Å². The maximum Gasteiger partial charge on any atom is 0.311 e. The zero-order chi connectivity index (χ0) is 21.4. The van der Waals surface area contributed by atoms with Crippen molar-refractivity contribution in [1.29, 1.82) is 0 Å². The lowest BCUT2D eigenvalue weighted by Gasteiger charge is -2.16. The van der Waals surface area contributed by atoms with Gasteiger partial charge in [0.15, 0.2) is 23.0 Å². The van der Waals surface area contributed by atoms with Gasteiger partial charge in [-0.3, -0.25) is 4.79 Å². The van der Waals surface area contributed by atoms with E-state index in [-0.39, 0.29) is 11.9 Å². The topological polar surface area (TPSA) is 63.2 Å². The average molecular weight is 402 g/mol. The van der Waals surface area contributed by atoms with Crippen LogP contribution in [0.1, 0.15) is 31.4 Å². The van der Waals surface area contributed by atoms with Crippen LogP contribution in [0, 0.1) is 5.92 Å². The van der Waals surface area contributed by atoms with Gasteiger partial charge in [-0.15, -0.1) is 0 Å². The van der Waals surface area contributed by atoms with Crippen molar-refractivity contribution >= 4 is 5.97 Å². The van der Waals surface area contributed by atoms with Crippen LogP contribution >= 0.6 is 0 Å². The summed E-state index contributed by atoms with van der Waals surface area (Å²) in [6.45, 7) is 3.93. The number of carbonyl (C=O) groups excluding carboxylic acids is 1. The van der Waals surface area contributed by atoms with Crippen molar-refractivity contribution in [1.82, 2.24) is 0 Å². The van der Waals surface area contributed by atoms with Crippen LogP contribution in [0.25, 0.3) is 0 Å². The van der Waals surface area contributed by atoms with E-state index in [9.17, 15) is 4.79 Å². The molecule has 0 saturated carbocycles. The van der Waals surface area contributed by atoms with Crippen LogP contribution in [-0.4, -0.2) is 34.4 Å². The zero-order valence-electron chi connectivity index (χ0n) is 18.0. The van der Waals surface area contributed by atoms with Gasteiger partial charge in [-0.2, -0.15) is 0 Å². The molecule has 29 heavy (non-hydrogen) atoms. The van der Waals surface area contributed by atoms with Crippen LogP contribution in [0.4, 0.5) is 0 Å². The Morgan fingerprint density at radius 1 is 0.759 bits per heavy atom. The average Bonchev–Trinajstić information content (AvgIpc) is 2.71. The molecule has 2 aromatic carbocycles. The van der Waals surface area contributed by atoms with E-state index in [1.165, 1.54) is 0 Å². The number of benzene rings is 2. The molecule has 2 rings (SSSR count). The van der Waals surface area contributed by atoms with Crippen molar-refractivity contribution in [3.05, 3.63) is 41.5 Å². The molecule has 0 fully saturated rings. The van der Waals surface area contributed by atoms with Gasteiger partial charge in [-0.25, -0.2) is 0 Å². The molecule has 0 spiro atoms. The summed E-state index contributed by atoms with van der Waals surface area (Å²) in [6.07, 6.45) is 1.87. The van der Waals surface area contributed by atoms with Gasteiger partial charge in [0, 0.05) is 6.42 Å². The van der Waals surface area contributed by atoms with Gasteiger partial charge in [0.1, 0.15) is 0 Å². The van der Waals surface area contributed by atoms with Gasteiger partial charge in [-0.05, 0) is 54.2 Å². The fourth-order valence-electron chi connectivity index (χ4n) is 2.99. The van der Waals surface area contributed by atoms with Crippen LogP contribution in [0.2, 0.25) is 0 Å². The Kier molecular flexibility index (Phi) is 8.19. The SMILES string of the molecule is COc1ccc(CCc2cc(OC)c(OC(=O)CC(C)C)c(OC)c2)cc1OC. The summed E-state index contributed by atoms with van der Waals surface area (Å²) in [5, 5.41) is 0. The second kappa shape index (κ2) is 10.6. The molecule has 0 aliphatic carbocycles. The molecular formula is C23H30O6. The largest absolute Gasteiger partial charge is 0.493 e. The third kappa shape index (κ3) is 6.04. The highest BCUT2D eigenvalue weighted by atomic mass is 16.6. The summed E-state index contributed by atoms with van der Waals surface area (Å²) in [5.41, 5.74) is 2.13. The van der Waals surface area contributed by atoms with E-state index in [1.807, 2.05) is 44.2 Å². The molecule has 0 heterocycles. The summed E-state index contributed by atoms with van der Waals surface area (Å²) in [5.74, 6) is 2.57. The Bertz CT molecular complexity index is 803. The van der Waals surface area contributed by atoms with E-state index < -0.39 is 0 Å². The lowest BCUT2D eigenvalue weighted by Crippen LogP contribution is -2.12. The number of aryl methyl sites for hydroxylation is 2. The molecule has 0 amide bonds. The van der Waals surface area contributed by atoms with Gasteiger partial charge < -0.3 is 23.7 Å². The predicted molar refractivity (Wildman–Crippen MR) is 112 cm³/mol. The smallest absolute Gasteiger partial charge is 0.311 e. The minimum atomic E-state index is -0.310. The highest BCUT2D eigenvalue weighted by Gasteiger charge is 2.18. The summed E-state index contributed by atoms with van der Waals surface area (Å²) < 4.78 is 27.1. The molecule has 0 aliphatic rings. The van der Waals surface area contributed by atoms with Gasteiger partial charge in [-0.1, -0.05) is 19.9 Å². The fraction of sp³-hybridized carbons (Fsp3) is 0.435. The van der Waals surface area contributed by atoms with E-state index in [0.717, 1.165) is 24.0 Å². The highest BCUT2D eigenvalue weighted by molar-refractivity contribution is 5.75. The summed E-state index contributed by atoms with van der Waals surface area (Å²) in [4.78, 5) is 12.1. The van der Waals surface area contributed by atoms with Crippen molar-refractivity contribution in [3.8, 4) is 28.7 Å². The second-order valence-electron chi connectivity index (χ2n) is 7.09. The number of esters is 1. The quantitative estimate of drug-likeness (QED) is 0.432. The fourth-order valence-corrected chi connectivity index (χ4v) is 2.99. The number of carbonyl (C=O) groups is 1. The van der Waals surface area contributed by atoms with Gasteiger partial charge in [0.05, 0.1) is 28.4 Å². The maximum absolute atomic E-state index is 12.1. The molecule has 158 valence electrons. The van der Waals surface area contributed by atoms with Crippen molar-refractivity contribution < 1.29 is 28.5 Å². The number of methoxy groups -OCH3 is 4. The van der Waals surface area contributed by atoms with E-state index >= 15 is 0 Å². The van der Waals surface area contributed by atoms with Crippen LogP contribution in [-0.2, 0) is 17.6 Å². The number of rotatable bonds is 10. The summed E-state index contributed by atoms with van der Waals surface area (Å²) in [6, 6.07) is 9.63. The molecule has 0 N–H and O–H groups in total. The van der Waals surface area contributed by atoms with Crippen molar-refractivity contribution in [2.24, 2.45) is 5.92 Å². The molecule has 0 aliphatic heterocycles. The molecule has 2 aromatic rings. The third-order valence-electron chi connectivity index (χ3n) is 4.46. The van der Waals surface area contributed by atoms with Gasteiger partial charge in [0.25, 0.3) is 0 Å². The molecule has 6 nitrogen and oxygen atoms in total. The molecule has 6 heteroatoms. The lowest BCUT2D eigenvalue weighted by molar-refractivity contribution is -0.135. The minimum absolute atomic E-state index is 0.209. The predicted octanol–water partition coefficient (Wildman–Crippen LogP) is 4.46. The standard InChI is InChI=1S/C23H30O6/c1-15(2)11-22(24)29-23-20(27-5)13-17(14-21(23)28-6)8-7-16-9-10-18(25-3)19(12-16)26-4/h9-10,12-15H,7-8,11H2,1-6H3. The van der Waals surface area contributed by atoms with Crippen molar-refractivity contribution in [2.45, 2.75) is 33.1 Å². The van der Waals surface area contributed by atoms with Gasteiger partial charge in [0.2, 0.25) is 5.75 Å². The van der Waals surface area contributed by atoms with Crippen molar-refractivity contribution in [3.63, 3.8) is 0 Å².